The number of nitriles is 1. The molecule has 152 valence electrons. The standard InChI is InChI=1S/C22H17BrF2N4O/c1-13(15-3-6-18(24)7-4-15)29-22(30)19-8-14(10-26)11-27-21(19)28-12-16-2-5-17(23)9-20(16)25/h2-9,11,13H,12H2,1H3,(H,27,28)(H,29,30). The van der Waals surface area contributed by atoms with Crippen molar-refractivity contribution in [2.45, 2.75) is 19.5 Å². The molecular formula is C22H17BrF2N4O. The van der Waals surface area contributed by atoms with Crippen LogP contribution in [0.2, 0.25) is 0 Å². The van der Waals surface area contributed by atoms with Crippen LogP contribution in [0.4, 0.5) is 14.6 Å². The highest BCUT2D eigenvalue weighted by molar-refractivity contribution is 9.10. The van der Waals surface area contributed by atoms with Crippen LogP contribution in [0.5, 0.6) is 0 Å². The Kier molecular flexibility index (Phi) is 6.75. The molecule has 0 aliphatic rings. The van der Waals surface area contributed by atoms with Crippen LogP contribution >= 0.6 is 15.9 Å². The van der Waals surface area contributed by atoms with Gasteiger partial charge in [-0.05, 0) is 42.8 Å². The van der Waals surface area contributed by atoms with Crippen molar-refractivity contribution < 1.29 is 13.6 Å². The molecule has 0 spiro atoms. The number of anilines is 1. The Hall–Kier alpha value is -3.31. The summed E-state index contributed by atoms with van der Waals surface area (Å²) in [7, 11) is 0. The van der Waals surface area contributed by atoms with Gasteiger partial charge in [-0.1, -0.05) is 34.1 Å². The number of amides is 1. The van der Waals surface area contributed by atoms with Crippen LogP contribution in [-0.2, 0) is 6.54 Å². The molecule has 1 atom stereocenters. The van der Waals surface area contributed by atoms with E-state index in [-0.39, 0.29) is 29.3 Å². The topological polar surface area (TPSA) is 77.8 Å². The molecule has 3 aromatic rings. The molecule has 8 heteroatoms. The maximum absolute atomic E-state index is 14.1. The number of rotatable bonds is 6. The van der Waals surface area contributed by atoms with Crippen molar-refractivity contribution >= 4 is 27.7 Å². The summed E-state index contributed by atoms with van der Waals surface area (Å²) < 4.78 is 27.8. The Labute approximate surface area is 180 Å². The molecular weight excluding hydrogens is 454 g/mol. The van der Waals surface area contributed by atoms with Crippen molar-refractivity contribution in [2.24, 2.45) is 0 Å². The van der Waals surface area contributed by atoms with Gasteiger partial charge in [-0.2, -0.15) is 5.26 Å². The second kappa shape index (κ2) is 9.46. The van der Waals surface area contributed by atoms with Gasteiger partial charge < -0.3 is 10.6 Å². The van der Waals surface area contributed by atoms with E-state index in [1.807, 2.05) is 6.07 Å². The van der Waals surface area contributed by atoms with Crippen LogP contribution in [0.25, 0.3) is 0 Å². The lowest BCUT2D eigenvalue weighted by molar-refractivity contribution is 0.0940. The maximum atomic E-state index is 14.1. The van der Waals surface area contributed by atoms with Crippen molar-refractivity contribution in [2.75, 3.05) is 5.32 Å². The van der Waals surface area contributed by atoms with Gasteiger partial charge >= 0.3 is 0 Å². The van der Waals surface area contributed by atoms with E-state index in [1.54, 1.807) is 31.2 Å². The average Bonchev–Trinajstić information content (AvgIpc) is 2.73. The Morgan fingerprint density at radius 2 is 1.93 bits per heavy atom. The molecule has 1 heterocycles. The Balaban J connectivity index is 1.80. The van der Waals surface area contributed by atoms with Crippen LogP contribution in [0.3, 0.4) is 0 Å². The predicted molar refractivity (Wildman–Crippen MR) is 113 cm³/mol. The van der Waals surface area contributed by atoms with Crippen LogP contribution < -0.4 is 10.6 Å². The van der Waals surface area contributed by atoms with Crippen molar-refractivity contribution in [3.63, 3.8) is 0 Å². The van der Waals surface area contributed by atoms with E-state index in [4.69, 9.17) is 5.26 Å². The van der Waals surface area contributed by atoms with Gasteiger partial charge in [0.2, 0.25) is 0 Å². The first kappa shape index (κ1) is 21.4. The minimum absolute atomic E-state index is 0.103. The summed E-state index contributed by atoms with van der Waals surface area (Å²) in [5.41, 5.74) is 1.49. The lowest BCUT2D eigenvalue weighted by Gasteiger charge is -2.16. The van der Waals surface area contributed by atoms with Crippen LogP contribution in [-0.4, -0.2) is 10.9 Å². The van der Waals surface area contributed by atoms with Crippen LogP contribution in [0, 0.1) is 23.0 Å². The van der Waals surface area contributed by atoms with Gasteiger partial charge in [0.15, 0.2) is 0 Å². The fraction of sp³-hybridized carbons (Fsp3) is 0.136. The first-order chi connectivity index (χ1) is 14.4. The largest absolute Gasteiger partial charge is 0.365 e. The monoisotopic (exact) mass is 470 g/mol. The zero-order valence-corrected chi connectivity index (χ0v) is 17.5. The molecule has 1 unspecified atom stereocenters. The van der Waals surface area contributed by atoms with Gasteiger partial charge in [-0.3, -0.25) is 4.79 Å². The summed E-state index contributed by atoms with van der Waals surface area (Å²) in [4.78, 5) is 17.0. The number of aromatic nitrogens is 1. The summed E-state index contributed by atoms with van der Waals surface area (Å²) in [5, 5.41) is 14.9. The third-order valence-corrected chi connectivity index (χ3v) is 4.93. The molecule has 0 aliphatic carbocycles. The molecule has 1 aromatic heterocycles. The fourth-order valence-electron chi connectivity index (χ4n) is 2.79. The van der Waals surface area contributed by atoms with Crippen molar-refractivity contribution in [3.05, 3.63) is 93.1 Å². The van der Waals surface area contributed by atoms with Gasteiger partial charge in [0.25, 0.3) is 5.91 Å². The molecule has 0 saturated carbocycles. The predicted octanol–water partition coefficient (Wildman–Crippen LogP) is 5.10. The quantitative estimate of drug-likeness (QED) is 0.525. The Morgan fingerprint density at radius 1 is 1.20 bits per heavy atom. The fourth-order valence-corrected chi connectivity index (χ4v) is 3.13. The van der Waals surface area contributed by atoms with E-state index in [0.29, 0.717) is 10.0 Å². The van der Waals surface area contributed by atoms with Gasteiger partial charge in [-0.15, -0.1) is 0 Å². The average molecular weight is 471 g/mol. The lowest BCUT2D eigenvalue weighted by atomic mass is 10.1. The summed E-state index contributed by atoms with van der Waals surface area (Å²) >= 11 is 3.21. The van der Waals surface area contributed by atoms with Gasteiger partial charge in [0.1, 0.15) is 23.5 Å². The summed E-state index contributed by atoms with van der Waals surface area (Å²) in [6, 6.07) is 13.4. The summed E-state index contributed by atoms with van der Waals surface area (Å²) in [6.45, 7) is 1.86. The van der Waals surface area contributed by atoms with Crippen molar-refractivity contribution in [1.29, 1.82) is 5.26 Å². The highest BCUT2D eigenvalue weighted by Crippen LogP contribution is 2.20. The molecule has 0 saturated heterocycles. The second-order valence-electron chi connectivity index (χ2n) is 6.57. The number of halogens is 3. The third kappa shape index (κ3) is 5.19. The summed E-state index contributed by atoms with van der Waals surface area (Å²) in [6.07, 6.45) is 1.33. The number of hydrogen-bond acceptors (Lipinski definition) is 4. The SMILES string of the molecule is CC(NC(=O)c1cc(C#N)cnc1NCc1ccc(Br)cc1F)c1ccc(F)cc1. The van der Waals surface area contributed by atoms with Crippen LogP contribution in [0.15, 0.2) is 59.2 Å². The third-order valence-electron chi connectivity index (χ3n) is 4.44. The van der Waals surface area contributed by atoms with Gasteiger partial charge in [0, 0.05) is 22.8 Å². The molecule has 0 bridgehead atoms. The number of benzene rings is 2. The minimum atomic E-state index is -0.463. The number of hydrogen-bond donors (Lipinski definition) is 2. The molecule has 2 aromatic carbocycles. The smallest absolute Gasteiger partial charge is 0.255 e. The number of carbonyl (C=O) groups excluding carboxylic acids is 1. The normalized spacial score (nSPS) is 11.4. The molecule has 3 rings (SSSR count). The first-order valence-corrected chi connectivity index (χ1v) is 9.81. The zero-order valence-electron chi connectivity index (χ0n) is 15.9. The first-order valence-electron chi connectivity index (χ1n) is 9.01. The molecule has 5 nitrogen and oxygen atoms in total. The molecule has 30 heavy (non-hydrogen) atoms. The molecule has 0 radical (unpaired) electrons. The van der Waals surface area contributed by atoms with Crippen molar-refractivity contribution in [3.8, 4) is 6.07 Å². The zero-order chi connectivity index (χ0) is 21.7. The van der Waals surface area contributed by atoms with E-state index in [9.17, 15) is 13.6 Å². The molecule has 1 amide bonds. The molecule has 0 aliphatic heterocycles. The van der Waals surface area contributed by atoms with E-state index < -0.39 is 17.8 Å². The van der Waals surface area contributed by atoms with E-state index >= 15 is 0 Å². The van der Waals surface area contributed by atoms with Gasteiger partial charge in [-0.25, -0.2) is 13.8 Å². The van der Waals surface area contributed by atoms with Crippen molar-refractivity contribution in [1.82, 2.24) is 10.3 Å². The van der Waals surface area contributed by atoms with Crippen LogP contribution in [0.1, 0.15) is 40.0 Å². The number of nitrogens with one attached hydrogen (secondary N) is 2. The minimum Gasteiger partial charge on any atom is -0.365 e. The van der Waals surface area contributed by atoms with E-state index in [1.165, 1.54) is 30.5 Å². The summed E-state index contributed by atoms with van der Waals surface area (Å²) in [5.74, 6) is -1.01. The highest BCUT2D eigenvalue weighted by Gasteiger charge is 2.17. The maximum Gasteiger partial charge on any atom is 0.255 e. The van der Waals surface area contributed by atoms with Gasteiger partial charge in [0.05, 0.1) is 17.2 Å². The molecule has 2 N–H and O–H groups in total. The Morgan fingerprint density at radius 3 is 2.60 bits per heavy atom. The number of carbonyl (C=O) groups is 1. The molecule has 0 fully saturated rings. The van der Waals surface area contributed by atoms with E-state index in [2.05, 4.69) is 31.5 Å². The van der Waals surface area contributed by atoms with E-state index in [0.717, 1.165) is 5.56 Å². The highest BCUT2D eigenvalue weighted by atomic mass is 79.9. The Bertz CT molecular complexity index is 1110. The lowest BCUT2D eigenvalue weighted by Crippen LogP contribution is -2.28. The number of nitrogens with zero attached hydrogens (tertiary/aromatic N) is 2. The number of pyridine rings is 1. The second-order valence-corrected chi connectivity index (χ2v) is 7.48.